The summed E-state index contributed by atoms with van der Waals surface area (Å²) in [6.07, 6.45) is -0.518. The fourth-order valence-corrected chi connectivity index (χ4v) is 4.21. The first-order valence-corrected chi connectivity index (χ1v) is 10.9. The van der Waals surface area contributed by atoms with Crippen molar-refractivity contribution in [2.45, 2.75) is 32.7 Å². The SMILES string of the molecule is COc1cccc(C2Nc3ccccc3C(=O)N2Cc2ccc3c(c2)OCO3)c1OC(C)C. The van der Waals surface area contributed by atoms with Gasteiger partial charge in [-0.2, -0.15) is 0 Å². The predicted octanol–water partition coefficient (Wildman–Crippen LogP) is 4.98. The number of rotatable bonds is 6. The van der Waals surface area contributed by atoms with Crippen LogP contribution in [0.5, 0.6) is 23.0 Å². The molecule has 2 heterocycles. The van der Waals surface area contributed by atoms with Crippen molar-refractivity contribution >= 4 is 11.6 Å². The summed E-state index contributed by atoms with van der Waals surface area (Å²) in [7, 11) is 1.62. The summed E-state index contributed by atoms with van der Waals surface area (Å²) in [5.74, 6) is 2.58. The van der Waals surface area contributed by atoms with Crippen molar-refractivity contribution < 1.29 is 23.7 Å². The number of fused-ring (bicyclic) bond motifs is 2. The number of para-hydroxylation sites is 2. The van der Waals surface area contributed by atoms with Crippen LogP contribution in [0.3, 0.4) is 0 Å². The summed E-state index contributed by atoms with van der Waals surface area (Å²) >= 11 is 0. The van der Waals surface area contributed by atoms with E-state index in [0.29, 0.717) is 35.1 Å². The highest BCUT2D eigenvalue weighted by Crippen LogP contribution is 2.42. The van der Waals surface area contributed by atoms with Crippen molar-refractivity contribution in [1.29, 1.82) is 0 Å². The minimum atomic E-state index is -0.457. The third-order valence-corrected chi connectivity index (χ3v) is 5.69. The Morgan fingerprint density at radius 1 is 1.06 bits per heavy atom. The fourth-order valence-electron chi connectivity index (χ4n) is 4.21. The van der Waals surface area contributed by atoms with Crippen LogP contribution in [-0.2, 0) is 6.54 Å². The molecule has 1 atom stereocenters. The Labute approximate surface area is 192 Å². The molecule has 3 aromatic rings. The summed E-state index contributed by atoms with van der Waals surface area (Å²) < 4.78 is 22.7. The number of benzene rings is 3. The lowest BCUT2D eigenvalue weighted by Crippen LogP contribution is -2.42. The molecule has 3 aromatic carbocycles. The van der Waals surface area contributed by atoms with Gasteiger partial charge in [0.15, 0.2) is 23.0 Å². The van der Waals surface area contributed by atoms with Crippen LogP contribution in [-0.4, -0.2) is 30.8 Å². The van der Waals surface area contributed by atoms with E-state index >= 15 is 0 Å². The summed E-state index contributed by atoms with van der Waals surface area (Å²) in [6.45, 7) is 4.52. The lowest BCUT2D eigenvalue weighted by atomic mass is 10.0. The van der Waals surface area contributed by atoms with Gasteiger partial charge >= 0.3 is 0 Å². The number of nitrogens with zero attached hydrogens (tertiary/aromatic N) is 1. The van der Waals surface area contributed by atoms with E-state index in [1.165, 1.54) is 0 Å². The van der Waals surface area contributed by atoms with Crippen LogP contribution in [0.15, 0.2) is 60.7 Å². The van der Waals surface area contributed by atoms with Crippen LogP contribution >= 0.6 is 0 Å². The zero-order chi connectivity index (χ0) is 22.9. The van der Waals surface area contributed by atoms with E-state index in [2.05, 4.69) is 5.32 Å². The molecule has 0 aliphatic carbocycles. The van der Waals surface area contributed by atoms with Crippen LogP contribution in [0.25, 0.3) is 0 Å². The van der Waals surface area contributed by atoms with Crippen molar-refractivity contribution in [3.05, 3.63) is 77.4 Å². The van der Waals surface area contributed by atoms with Gasteiger partial charge in [0.05, 0.1) is 18.8 Å². The first-order valence-electron chi connectivity index (χ1n) is 10.9. The number of amides is 1. The van der Waals surface area contributed by atoms with E-state index in [0.717, 1.165) is 16.8 Å². The maximum absolute atomic E-state index is 13.7. The van der Waals surface area contributed by atoms with Crippen molar-refractivity contribution in [3.63, 3.8) is 0 Å². The molecular weight excluding hydrogens is 420 g/mol. The summed E-state index contributed by atoms with van der Waals surface area (Å²) in [6, 6.07) is 19.0. The normalized spacial score (nSPS) is 16.4. The minimum absolute atomic E-state index is 0.0612. The number of carbonyl (C=O) groups is 1. The molecule has 1 amide bonds. The molecule has 1 N–H and O–H groups in total. The highest BCUT2D eigenvalue weighted by atomic mass is 16.7. The number of carbonyl (C=O) groups excluding carboxylic acids is 1. The number of anilines is 1. The summed E-state index contributed by atoms with van der Waals surface area (Å²) in [4.78, 5) is 15.5. The molecule has 2 aliphatic rings. The summed E-state index contributed by atoms with van der Waals surface area (Å²) in [5.41, 5.74) is 3.18. The maximum Gasteiger partial charge on any atom is 0.258 e. The van der Waals surface area contributed by atoms with Crippen LogP contribution in [0.1, 0.15) is 41.5 Å². The van der Waals surface area contributed by atoms with Crippen LogP contribution in [0.2, 0.25) is 0 Å². The Hall–Kier alpha value is -3.87. The van der Waals surface area contributed by atoms with Gasteiger partial charge in [-0.3, -0.25) is 4.79 Å². The highest BCUT2D eigenvalue weighted by Gasteiger charge is 2.35. The molecule has 7 nitrogen and oxygen atoms in total. The lowest BCUT2D eigenvalue weighted by molar-refractivity contribution is 0.0662. The standard InChI is InChI=1S/C26H26N2O5/c1-16(2)33-24-19(8-6-10-22(24)30-3)25-27-20-9-5-4-7-18(20)26(29)28(25)14-17-11-12-21-23(13-17)32-15-31-21/h4-13,16,25,27H,14-15H2,1-3H3. The average molecular weight is 447 g/mol. The van der Waals surface area contributed by atoms with E-state index in [1.807, 2.05) is 79.4 Å². The van der Waals surface area contributed by atoms with Gasteiger partial charge in [0.1, 0.15) is 6.17 Å². The molecule has 0 bridgehead atoms. The molecule has 0 radical (unpaired) electrons. The molecule has 5 rings (SSSR count). The van der Waals surface area contributed by atoms with E-state index in [-0.39, 0.29) is 18.8 Å². The van der Waals surface area contributed by atoms with E-state index < -0.39 is 6.17 Å². The Morgan fingerprint density at radius 2 is 1.88 bits per heavy atom. The van der Waals surface area contributed by atoms with Crippen LogP contribution in [0.4, 0.5) is 5.69 Å². The van der Waals surface area contributed by atoms with Gasteiger partial charge in [0.25, 0.3) is 5.91 Å². The Kier molecular flexibility index (Phi) is 5.46. The number of methoxy groups -OCH3 is 1. The Morgan fingerprint density at radius 3 is 2.70 bits per heavy atom. The first kappa shape index (κ1) is 21.0. The molecule has 0 saturated heterocycles. The smallest absolute Gasteiger partial charge is 0.258 e. The second-order valence-corrected chi connectivity index (χ2v) is 8.26. The zero-order valence-electron chi connectivity index (χ0n) is 18.8. The average Bonchev–Trinajstić information content (AvgIpc) is 3.29. The molecule has 170 valence electrons. The monoisotopic (exact) mass is 446 g/mol. The van der Waals surface area contributed by atoms with Crippen molar-refractivity contribution in [2.75, 3.05) is 19.2 Å². The largest absolute Gasteiger partial charge is 0.493 e. The molecular formula is C26H26N2O5. The van der Waals surface area contributed by atoms with Gasteiger partial charge in [-0.25, -0.2) is 0 Å². The molecule has 1 unspecified atom stereocenters. The van der Waals surface area contributed by atoms with Crippen molar-refractivity contribution in [2.24, 2.45) is 0 Å². The first-order chi connectivity index (χ1) is 16.0. The molecule has 2 aliphatic heterocycles. The second kappa shape index (κ2) is 8.58. The number of nitrogens with one attached hydrogen (secondary N) is 1. The van der Waals surface area contributed by atoms with Gasteiger partial charge in [0, 0.05) is 17.8 Å². The molecule has 0 aromatic heterocycles. The van der Waals surface area contributed by atoms with Gasteiger partial charge in [-0.05, 0) is 49.7 Å². The minimum Gasteiger partial charge on any atom is -0.493 e. The number of hydrogen-bond acceptors (Lipinski definition) is 6. The third-order valence-electron chi connectivity index (χ3n) is 5.69. The number of hydrogen-bond donors (Lipinski definition) is 1. The van der Waals surface area contributed by atoms with E-state index in [1.54, 1.807) is 7.11 Å². The van der Waals surface area contributed by atoms with E-state index in [9.17, 15) is 4.79 Å². The summed E-state index contributed by atoms with van der Waals surface area (Å²) in [5, 5.41) is 3.54. The molecule has 0 spiro atoms. The van der Waals surface area contributed by atoms with Gasteiger partial charge in [0.2, 0.25) is 6.79 Å². The second-order valence-electron chi connectivity index (χ2n) is 8.26. The van der Waals surface area contributed by atoms with Crippen LogP contribution in [0, 0.1) is 0 Å². The molecule has 0 saturated carbocycles. The topological polar surface area (TPSA) is 69.3 Å². The van der Waals surface area contributed by atoms with Gasteiger partial charge in [-0.1, -0.05) is 30.3 Å². The Bertz CT molecular complexity index is 1190. The quantitative estimate of drug-likeness (QED) is 0.576. The highest BCUT2D eigenvalue weighted by molar-refractivity contribution is 6.01. The maximum atomic E-state index is 13.7. The van der Waals surface area contributed by atoms with Crippen molar-refractivity contribution in [3.8, 4) is 23.0 Å². The lowest BCUT2D eigenvalue weighted by Gasteiger charge is -2.39. The molecule has 0 fully saturated rings. The van der Waals surface area contributed by atoms with E-state index in [4.69, 9.17) is 18.9 Å². The number of ether oxygens (including phenoxy) is 4. The van der Waals surface area contributed by atoms with Gasteiger partial charge < -0.3 is 29.2 Å². The van der Waals surface area contributed by atoms with Crippen LogP contribution < -0.4 is 24.3 Å². The fraction of sp³-hybridized carbons (Fsp3) is 0.269. The zero-order valence-corrected chi connectivity index (χ0v) is 18.8. The van der Waals surface area contributed by atoms with Crippen molar-refractivity contribution in [1.82, 2.24) is 4.90 Å². The van der Waals surface area contributed by atoms with Gasteiger partial charge in [-0.15, -0.1) is 0 Å². The molecule has 33 heavy (non-hydrogen) atoms. The predicted molar refractivity (Wildman–Crippen MR) is 124 cm³/mol. The molecule has 7 heteroatoms. The third kappa shape index (κ3) is 3.91. The Balaban J connectivity index is 1.59.